The number of hydrogen-bond donors (Lipinski definition) is 2. The highest BCUT2D eigenvalue weighted by Crippen LogP contribution is 2.19. The van der Waals surface area contributed by atoms with Crippen molar-refractivity contribution in [3.63, 3.8) is 0 Å². The summed E-state index contributed by atoms with van der Waals surface area (Å²) in [5, 5.41) is 11.4. The fraction of sp³-hybridized carbons (Fsp3) is 0. The SMILES string of the molecule is N#Cc1ccc(Nc2ccnc(N)n2)c(F)c1. The van der Waals surface area contributed by atoms with Crippen LogP contribution in [0.5, 0.6) is 0 Å². The maximum absolute atomic E-state index is 13.5. The zero-order chi connectivity index (χ0) is 12.3. The van der Waals surface area contributed by atoms with Gasteiger partial charge >= 0.3 is 0 Å². The van der Waals surface area contributed by atoms with Crippen LogP contribution >= 0.6 is 0 Å². The third kappa shape index (κ3) is 2.46. The summed E-state index contributed by atoms with van der Waals surface area (Å²) in [6.07, 6.45) is 1.46. The molecule has 84 valence electrons. The molecular weight excluding hydrogens is 221 g/mol. The van der Waals surface area contributed by atoms with Crippen molar-refractivity contribution < 1.29 is 4.39 Å². The van der Waals surface area contributed by atoms with Crippen LogP contribution in [0.15, 0.2) is 30.5 Å². The van der Waals surface area contributed by atoms with Gasteiger partial charge in [-0.25, -0.2) is 9.37 Å². The van der Waals surface area contributed by atoms with Crippen LogP contribution in [0.2, 0.25) is 0 Å². The van der Waals surface area contributed by atoms with Crippen molar-refractivity contribution in [3.8, 4) is 6.07 Å². The second-order valence-corrected chi connectivity index (χ2v) is 3.23. The highest BCUT2D eigenvalue weighted by molar-refractivity contribution is 5.58. The lowest BCUT2D eigenvalue weighted by Crippen LogP contribution is -2.00. The lowest BCUT2D eigenvalue weighted by molar-refractivity contribution is 0.631. The molecule has 0 spiro atoms. The lowest BCUT2D eigenvalue weighted by atomic mass is 10.2. The third-order valence-corrected chi connectivity index (χ3v) is 2.04. The van der Waals surface area contributed by atoms with Gasteiger partial charge in [0.15, 0.2) is 0 Å². The second-order valence-electron chi connectivity index (χ2n) is 3.23. The molecule has 1 aromatic heterocycles. The zero-order valence-corrected chi connectivity index (χ0v) is 8.68. The third-order valence-electron chi connectivity index (χ3n) is 2.04. The molecule has 6 heteroatoms. The predicted octanol–water partition coefficient (Wildman–Crippen LogP) is 1.81. The first-order valence-corrected chi connectivity index (χ1v) is 4.74. The van der Waals surface area contributed by atoms with E-state index in [9.17, 15) is 4.39 Å². The Bertz CT molecular complexity index is 591. The molecule has 0 saturated carbocycles. The molecule has 0 aliphatic rings. The Morgan fingerprint density at radius 3 is 2.82 bits per heavy atom. The molecule has 1 heterocycles. The summed E-state index contributed by atoms with van der Waals surface area (Å²) in [5.41, 5.74) is 5.88. The second kappa shape index (κ2) is 4.45. The largest absolute Gasteiger partial charge is 0.368 e. The highest BCUT2D eigenvalue weighted by Gasteiger charge is 2.04. The van der Waals surface area contributed by atoms with Crippen LogP contribution in [-0.4, -0.2) is 9.97 Å². The van der Waals surface area contributed by atoms with E-state index in [0.29, 0.717) is 5.82 Å². The van der Waals surface area contributed by atoms with Crippen molar-refractivity contribution in [2.45, 2.75) is 0 Å². The fourth-order valence-electron chi connectivity index (χ4n) is 1.27. The number of nitriles is 1. The molecule has 5 nitrogen and oxygen atoms in total. The molecule has 0 amide bonds. The maximum atomic E-state index is 13.5. The molecule has 2 aromatic rings. The average molecular weight is 229 g/mol. The first-order valence-electron chi connectivity index (χ1n) is 4.74. The topological polar surface area (TPSA) is 87.6 Å². The molecule has 1 aromatic carbocycles. The summed E-state index contributed by atoms with van der Waals surface area (Å²) in [6, 6.07) is 7.54. The number of hydrogen-bond acceptors (Lipinski definition) is 5. The van der Waals surface area contributed by atoms with Crippen LogP contribution in [0.1, 0.15) is 5.56 Å². The van der Waals surface area contributed by atoms with Gasteiger partial charge in [0.25, 0.3) is 0 Å². The fourth-order valence-corrected chi connectivity index (χ4v) is 1.27. The number of nitrogens with one attached hydrogen (secondary N) is 1. The van der Waals surface area contributed by atoms with Gasteiger partial charge < -0.3 is 11.1 Å². The van der Waals surface area contributed by atoms with Gasteiger partial charge in [0.2, 0.25) is 5.95 Å². The van der Waals surface area contributed by atoms with E-state index < -0.39 is 5.82 Å². The smallest absolute Gasteiger partial charge is 0.221 e. The molecule has 0 atom stereocenters. The van der Waals surface area contributed by atoms with Crippen LogP contribution in [0, 0.1) is 17.1 Å². The van der Waals surface area contributed by atoms with Gasteiger partial charge in [0.1, 0.15) is 11.6 Å². The van der Waals surface area contributed by atoms with Gasteiger partial charge in [-0.3, -0.25) is 0 Å². The molecule has 0 bridgehead atoms. The number of nitrogens with two attached hydrogens (primary N) is 1. The van der Waals surface area contributed by atoms with E-state index in [1.165, 1.54) is 18.3 Å². The molecular formula is C11H8FN5. The lowest BCUT2D eigenvalue weighted by Gasteiger charge is -2.06. The molecule has 3 N–H and O–H groups in total. The Hall–Kier alpha value is -2.68. The molecule has 17 heavy (non-hydrogen) atoms. The van der Waals surface area contributed by atoms with Crippen molar-refractivity contribution in [2.24, 2.45) is 0 Å². The molecule has 0 radical (unpaired) electrons. The van der Waals surface area contributed by atoms with Crippen molar-refractivity contribution in [3.05, 3.63) is 41.8 Å². The normalized spacial score (nSPS) is 9.65. The van der Waals surface area contributed by atoms with Crippen LogP contribution in [0.3, 0.4) is 0 Å². The van der Waals surface area contributed by atoms with E-state index in [1.807, 2.05) is 6.07 Å². The van der Waals surface area contributed by atoms with E-state index >= 15 is 0 Å². The minimum Gasteiger partial charge on any atom is -0.368 e. The van der Waals surface area contributed by atoms with Gasteiger partial charge in [-0.1, -0.05) is 0 Å². The van der Waals surface area contributed by atoms with Crippen molar-refractivity contribution in [1.82, 2.24) is 9.97 Å². The standard InChI is InChI=1S/C11H8FN5/c12-8-5-7(6-13)1-2-9(8)16-10-3-4-15-11(14)17-10/h1-5H,(H3,14,15,16,17). The van der Waals surface area contributed by atoms with Crippen LogP contribution in [0.4, 0.5) is 21.8 Å². The van der Waals surface area contributed by atoms with E-state index in [-0.39, 0.29) is 17.2 Å². The number of halogens is 1. The highest BCUT2D eigenvalue weighted by atomic mass is 19.1. The molecule has 0 aliphatic heterocycles. The number of nitrogen functional groups attached to an aromatic ring is 1. The van der Waals surface area contributed by atoms with Crippen LogP contribution < -0.4 is 11.1 Å². The zero-order valence-electron chi connectivity index (χ0n) is 8.68. The summed E-state index contributed by atoms with van der Waals surface area (Å²) in [7, 11) is 0. The molecule has 0 aliphatic carbocycles. The Morgan fingerprint density at radius 2 is 2.18 bits per heavy atom. The minimum absolute atomic E-state index is 0.101. The van der Waals surface area contributed by atoms with Gasteiger partial charge in [-0.05, 0) is 24.3 Å². The number of aromatic nitrogens is 2. The first kappa shape index (κ1) is 10.8. The summed E-state index contributed by atoms with van der Waals surface area (Å²) >= 11 is 0. The summed E-state index contributed by atoms with van der Waals surface area (Å²) < 4.78 is 13.5. The van der Waals surface area contributed by atoms with E-state index in [2.05, 4.69) is 15.3 Å². The average Bonchev–Trinajstić information content (AvgIpc) is 2.32. The molecule has 0 unspecified atom stereocenters. The maximum Gasteiger partial charge on any atom is 0.221 e. The van der Waals surface area contributed by atoms with Crippen LogP contribution in [0.25, 0.3) is 0 Å². The van der Waals surface area contributed by atoms with Gasteiger partial charge in [0.05, 0.1) is 17.3 Å². The Kier molecular flexibility index (Phi) is 2.83. The number of nitrogens with zero attached hydrogens (tertiary/aromatic N) is 3. The monoisotopic (exact) mass is 229 g/mol. The summed E-state index contributed by atoms with van der Waals surface area (Å²) in [5.74, 6) is -0.0357. The van der Waals surface area contributed by atoms with E-state index in [0.717, 1.165) is 6.07 Å². The molecule has 0 saturated heterocycles. The summed E-state index contributed by atoms with van der Waals surface area (Å²) in [6.45, 7) is 0. The Morgan fingerprint density at radius 1 is 1.35 bits per heavy atom. The minimum atomic E-state index is -0.527. The predicted molar refractivity (Wildman–Crippen MR) is 60.8 cm³/mol. The van der Waals surface area contributed by atoms with E-state index in [4.69, 9.17) is 11.0 Å². The number of anilines is 3. The van der Waals surface area contributed by atoms with Gasteiger partial charge in [-0.15, -0.1) is 0 Å². The number of rotatable bonds is 2. The Balaban J connectivity index is 2.28. The molecule has 2 rings (SSSR count). The van der Waals surface area contributed by atoms with Crippen molar-refractivity contribution >= 4 is 17.5 Å². The molecule has 0 fully saturated rings. The van der Waals surface area contributed by atoms with Crippen LogP contribution in [-0.2, 0) is 0 Å². The summed E-state index contributed by atoms with van der Waals surface area (Å²) in [4.78, 5) is 7.60. The first-order chi connectivity index (χ1) is 8.19. The van der Waals surface area contributed by atoms with E-state index in [1.54, 1.807) is 6.07 Å². The Labute approximate surface area is 96.7 Å². The number of benzene rings is 1. The van der Waals surface area contributed by atoms with Gasteiger partial charge in [0, 0.05) is 6.20 Å². The quantitative estimate of drug-likeness (QED) is 0.819. The van der Waals surface area contributed by atoms with Gasteiger partial charge in [-0.2, -0.15) is 10.2 Å². The van der Waals surface area contributed by atoms with Crippen molar-refractivity contribution in [1.29, 1.82) is 5.26 Å². The van der Waals surface area contributed by atoms with Crippen molar-refractivity contribution in [2.75, 3.05) is 11.1 Å².